The number of amides is 2. The Hall–Kier alpha value is -1.06. The van der Waals surface area contributed by atoms with Crippen molar-refractivity contribution in [3.63, 3.8) is 0 Å². The van der Waals surface area contributed by atoms with Crippen molar-refractivity contribution < 1.29 is 9.59 Å². The minimum atomic E-state index is 0.188. The second-order valence-electron chi connectivity index (χ2n) is 6.81. The van der Waals surface area contributed by atoms with Gasteiger partial charge in [-0.05, 0) is 37.5 Å². The maximum absolute atomic E-state index is 12.4. The van der Waals surface area contributed by atoms with Gasteiger partial charge in [-0.25, -0.2) is 0 Å². The summed E-state index contributed by atoms with van der Waals surface area (Å²) < 4.78 is 0. The van der Waals surface area contributed by atoms with Gasteiger partial charge in [-0.3, -0.25) is 9.59 Å². The highest BCUT2D eigenvalue weighted by Gasteiger charge is 2.35. The molecule has 4 nitrogen and oxygen atoms in total. The summed E-state index contributed by atoms with van der Waals surface area (Å²) >= 11 is 0. The first-order valence-corrected chi connectivity index (χ1v) is 8.29. The molecule has 0 aromatic rings. The van der Waals surface area contributed by atoms with Crippen molar-refractivity contribution in [2.45, 2.75) is 63.8 Å². The average Bonchev–Trinajstić information content (AvgIpc) is 2.47. The Morgan fingerprint density at radius 3 is 2.75 bits per heavy atom. The van der Waals surface area contributed by atoms with Crippen LogP contribution < -0.4 is 5.32 Å². The summed E-state index contributed by atoms with van der Waals surface area (Å²) in [6.45, 7) is 1.68. The number of hydrogen-bond donors (Lipinski definition) is 1. The van der Waals surface area contributed by atoms with Crippen LogP contribution in [0.25, 0.3) is 0 Å². The van der Waals surface area contributed by atoms with Gasteiger partial charge < -0.3 is 10.2 Å². The number of rotatable bonds is 2. The molecule has 1 N–H and O–H groups in total. The molecule has 0 radical (unpaired) electrons. The van der Waals surface area contributed by atoms with Gasteiger partial charge in [-0.1, -0.05) is 19.3 Å². The summed E-state index contributed by atoms with van der Waals surface area (Å²) in [5, 5.41) is 3.08. The molecule has 3 rings (SSSR count). The minimum Gasteiger partial charge on any atom is -0.353 e. The minimum absolute atomic E-state index is 0.188. The quantitative estimate of drug-likeness (QED) is 0.841. The van der Waals surface area contributed by atoms with Crippen LogP contribution in [0.15, 0.2) is 0 Å². The second kappa shape index (κ2) is 6.15. The third-order valence-corrected chi connectivity index (χ3v) is 5.36. The van der Waals surface area contributed by atoms with E-state index in [9.17, 15) is 9.59 Å². The van der Waals surface area contributed by atoms with E-state index in [2.05, 4.69) is 10.2 Å². The highest BCUT2D eigenvalue weighted by atomic mass is 16.2. The van der Waals surface area contributed by atoms with E-state index in [-0.39, 0.29) is 5.91 Å². The summed E-state index contributed by atoms with van der Waals surface area (Å²) in [6, 6.07) is 0.315. The molecule has 3 aliphatic rings. The highest BCUT2D eigenvalue weighted by molar-refractivity contribution is 5.78. The van der Waals surface area contributed by atoms with E-state index in [1.807, 2.05) is 0 Å². The lowest BCUT2D eigenvalue weighted by Crippen LogP contribution is -2.55. The van der Waals surface area contributed by atoms with Crippen molar-refractivity contribution in [2.75, 3.05) is 13.1 Å². The molecule has 0 aromatic heterocycles. The van der Waals surface area contributed by atoms with Crippen molar-refractivity contribution in [2.24, 2.45) is 11.8 Å². The molecule has 0 spiro atoms. The fourth-order valence-corrected chi connectivity index (χ4v) is 4.10. The van der Waals surface area contributed by atoms with Crippen molar-refractivity contribution in [1.82, 2.24) is 10.2 Å². The maximum atomic E-state index is 12.4. The number of carbonyl (C=O) groups is 2. The van der Waals surface area contributed by atoms with Crippen molar-refractivity contribution >= 4 is 11.8 Å². The van der Waals surface area contributed by atoms with Crippen molar-refractivity contribution in [3.8, 4) is 0 Å². The van der Waals surface area contributed by atoms with Gasteiger partial charge in [0.2, 0.25) is 11.8 Å². The van der Waals surface area contributed by atoms with Gasteiger partial charge in [-0.15, -0.1) is 0 Å². The summed E-state index contributed by atoms with van der Waals surface area (Å²) in [5.74, 6) is 1.65. The zero-order valence-corrected chi connectivity index (χ0v) is 12.3. The maximum Gasteiger partial charge on any atom is 0.222 e. The number of nitrogens with zero attached hydrogens (tertiary/aromatic N) is 1. The van der Waals surface area contributed by atoms with Crippen LogP contribution in [0, 0.1) is 11.8 Å². The Bertz CT molecular complexity index is 377. The van der Waals surface area contributed by atoms with E-state index >= 15 is 0 Å². The van der Waals surface area contributed by atoms with Crippen molar-refractivity contribution in [3.05, 3.63) is 0 Å². The average molecular weight is 278 g/mol. The number of piperidine rings is 2. The number of likely N-dealkylation sites (tertiary alicyclic amines) is 1. The van der Waals surface area contributed by atoms with Crippen molar-refractivity contribution in [1.29, 1.82) is 0 Å². The molecular formula is C16H26N2O2. The molecule has 2 atom stereocenters. The van der Waals surface area contributed by atoms with E-state index in [0.717, 1.165) is 32.4 Å². The largest absolute Gasteiger partial charge is 0.353 e. The van der Waals surface area contributed by atoms with E-state index in [1.54, 1.807) is 0 Å². The molecule has 2 aliphatic heterocycles. The zero-order valence-electron chi connectivity index (χ0n) is 12.3. The predicted molar refractivity (Wildman–Crippen MR) is 77.0 cm³/mol. The molecule has 3 fully saturated rings. The van der Waals surface area contributed by atoms with E-state index in [1.165, 1.54) is 32.1 Å². The zero-order chi connectivity index (χ0) is 13.9. The molecule has 2 unspecified atom stereocenters. The van der Waals surface area contributed by atoms with Crippen LogP contribution in [0.3, 0.4) is 0 Å². The second-order valence-corrected chi connectivity index (χ2v) is 6.81. The van der Waals surface area contributed by atoms with Gasteiger partial charge in [0.25, 0.3) is 0 Å². The Kier molecular flexibility index (Phi) is 4.27. The predicted octanol–water partition coefficient (Wildman–Crippen LogP) is 2.08. The number of nitrogens with one attached hydrogen (secondary N) is 1. The Balaban J connectivity index is 1.50. The third-order valence-electron chi connectivity index (χ3n) is 5.36. The van der Waals surface area contributed by atoms with E-state index in [0.29, 0.717) is 30.2 Å². The molecule has 4 heteroatoms. The molecule has 20 heavy (non-hydrogen) atoms. The summed E-state index contributed by atoms with van der Waals surface area (Å²) in [6.07, 6.45) is 9.69. The van der Waals surface area contributed by atoms with E-state index in [4.69, 9.17) is 0 Å². The smallest absolute Gasteiger partial charge is 0.222 e. The lowest BCUT2D eigenvalue weighted by Gasteiger charge is -2.41. The van der Waals surface area contributed by atoms with Crippen LogP contribution in [0.4, 0.5) is 0 Å². The molecule has 0 bridgehead atoms. The van der Waals surface area contributed by atoms with E-state index < -0.39 is 0 Å². The molecule has 1 saturated carbocycles. The topological polar surface area (TPSA) is 49.4 Å². The first kappa shape index (κ1) is 13.9. The normalized spacial score (nSPS) is 31.6. The standard InChI is InChI=1S/C16H26N2O2/c19-15-7-6-13-11-18(9-8-14(13)17-15)16(20)10-12-4-2-1-3-5-12/h12-14H,1-11H2,(H,17,19). The van der Waals surface area contributed by atoms with Crippen LogP contribution >= 0.6 is 0 Å². The molecule has 2 heterocycles. The van der Waals surface area contributed by atoms with Crippen LogP contribution in [0.2, 0.25) is 0 Å². The molecule has 2 saturated heterocycles. The first-order valence-electron chi connectivity index (χ1n) is 8.29. The van der Waals surface area contributed by atoms with Gasteiger partial charge in [0, 0.05) is 32.0 Å². The third kappa shape index (κ3) is 3.15. The van der Waals surface area contributed by atoms with Crippen LogP contribution in [-0.2, 0) is 9.59 Å². The monoisotopic (exact) mass is 278 g/mol. The van der Waals surface area contributed by atoms with Crippen LogP contribution in [-0.4, -0.2) is 35.8 Å². The Labute approximate surface area is 121 Å². The lowest BCUT2D eigenvalue weighted by atomic mass is 9.84. The van der Waals surface area contributed by atoms with Crippen LogP contribution in [0.5, 0.6) is 0 Å². The number of hydrogen-bond acceptors (Lipinski definition) is 2. The summed E-state index contributed by atoms with van der Waals surface area (Å²) in [7, 11) is 0. The van der Waals surface area contributed by atoms with Gasteiger partial charge in [-0.2, -0.15) is 0 Å². The van der Waals surface area contributed by atoms with Gasteiger partial charge in [0.05, 0.1) is 0 Å². The van der Waals surface area contributed by atoms with Gasteiger partial charge in [0.15, 0.2) is 0 Å². The molecule has 2 amide bonds. The molecular weight excluding hydrogens is 252 g/mol. The molecule has 112 valence electrons. The number of fused-ring (bicyclic) bond motifs is 1. The lowest BCUT2D eigenvalue weighted by molar-refractivity contribution is -0.135. The number of carbonyl (C=O) groups excluding carboxylic acids is 2. The molecule has 0 aromatic carbocycles. The Morgan fingerprint density at radius 2 is 1.95 bits per heavy atom. The summed E-state index contributed by atoms with van der Waals surface area (Å²) in [4.78, 5) is 25.9. The van der Waals surface area contributed by atoms with Crippen LogP contribution in [0.1, 0.15) is 57.8 Å². The SMILES string of the molecule is O=C1CCC2CN(C(=O)CC3CCCCC3)CCC2N1. The molecule has 1 aliphatic carbocycles. The van der Waals surface area contributed by atoms with Gasteiger partial charge in [0.1, 0.15) is 0 Å². The first-order chi connectivity index (χ1) is 9.72. The van der Waals surface area contributed by atoms with Gasteiger partial charge >= 0.3 is 0 Å². The fraction of sp³-hybridized carbons (Fsp3) is 0.875. The Morgan fingerprint density at radius 1 is 1.15 bits per heavy atom. The summed E-state index contributed by atoms with van der Waals surface area (Å²) in [5.41, 5.74) is 0. The highest BCUT2D eigenvalue weighted by Crippen LogP contribution is 2.29. The fourth-order valence-electron chi connectivity index (χ4n) is 4.10.